The van der Waals surface area contributed by atoms with Crippen molar-refractivity contribution in [2.75, 3.05) is 13.1 Å². The highest BCUT2D eigenvalue weighted by Crippen LogP contribution is 2.21. The Bertz CT molecular complexity index is 762. The lowest BCUT2D eigenvalue weighted by atomic mass is 10.1. The average Bonchev–Trinajstić information content (AvgIpc) is 2.61. The molecule has 27 heavy (non-hydrogen) atoms. The minimum atomic E-state index is 0.0540. The van der Waals surface area contributed by atoms with Crippen molar-refractivity contribution in [2.24, 2.45) is 0 Å². The first-order chi connectivity index (χ1) is 12.9. The molecule has 1 fully saturated rings. The van der Waals surface area contributed by atoms with Crippen molar-refractivity contribution in [2.45, 2.75) is 52.7 Å². The van der Waals surface area contributed by atoms with Gasteiger partial charge in [-0.25, -0.2) is 4.98 Å². The number of hydrogen-bond donors (Lipinski definition) is 0. The monoisotopic (exact) mass is 369 g/mol. The molecule has 0 unspecified atom stereocenters. The number of carbonyl (C=O) groups excluding carboxylic acids is 1. The molecule has 0 aliphatic carbocycles. The highest BCUT2D eigenvalue weighted by atomic mass is 16.5. The molecule has 0 radical (unpaired) electrons. The second-order valence-electron chi connectivity index (χ2n) is 7.20. The van der Waals surface area contributed by atoms with E-state index >= 15 is 0 Å². The number of carbonyl (C=O) groups is 1. The molecule has 144 valence electrons. The first kappa shape index (κ1) is 19.1. The van der Waals surface area contributed by atoms with Crippen LogP contribution in [0.15, 0.2) is 30.3 Å². The Hall–Kier alpha value is -2.63. The molecule has 6 nitrogen and oxygen atoms in total. The molecular formula is C21H27N3O3. The Morgan fingerprint density at radius 1 is 1.11 bits per heavy atom. The summed E-state index contributed by atoms with van der Waals surface area (Å²) in [4.78, 5) is 23.2. The lowest BCUT2D eigenvalue weighted by molar-refractivity contribution is 0.0587. The van der Waals surface area contributed by atoms with E-state index in [9.17, 15) is 4.79 Å². The Kier molecular flexibility index (Phi) is 5.94. The molecule has 0 N–H and O–H groups in total. The fourth-order valence-corrected chi connectivity index (χ4v) is 3.22. The van der Waals surface area contributed by atoms with Gasteiger partial charge in [-0.2, -0.15) is 4.98 Å². The van der Waals surface area contributed by atoms with Crippen LogP contribution in [0.1, 0.15) is 48.6 Å². The van der Waals surface area contributed by atoms with E-state index in [2.05, 4.69) is 9.97 Å². The first-order valence-electron chi connectivity index (χ1n) is 9.45. The van der Waals surface area contributed by atoms with Gasteiger partial charge in [0, 0.05) is 43.3 Å². The van der Waals surface area contributed by atoms with Gasteiger partial charge in [0.15, 0.2) is 0 Å². The number of aromatic nitrogens is 2. The van der Waals surface area contributed by atoms with Crippen molar-refractivity contribution in [3.63, 3.8) is 0 Å². The molecule has 2 heterocycles. The third-order valence-electron chi connectivity index (χ3n) is 4.43. The standard InChI is InChI=1S/C21H27N3O3/c1-14(2)26-18-7-5-17(6-8-18)21(25)24-11-9-19(10-12-24)27-20-13-15(3)22-16(4)23-20/h5-8,13-14,19H,9-12H2,1-4H3. The van der Waals surface area contributed by atoms with Crippen LogP contribution < -0.4 is 9.47 Å². The topological polar surface area (TPSA) is 64.5 Å². The summed E-state index contributed by atoms with van der Waals surface area (Å²) in [6.45, 7) is 9.11. The van der Waals surface area contributed by atoms with Crippen LogP contribution in [-0.4, -0.2) is 46.1 Å². The molecule has 1 aromatic heterocycles. The molecule has 1 amide bonds. The van der Waals surface area contributed by atoms with Crippen LogP contribution in [-0.2, 0) is 0 Å². The largest absolute Gasteiger partial charge is 0.491 e. The fraction of sp³-hybridized carbons (Fsp3) is 0.476. The maximum atomic E-state index is 12.7. The number of ether oxygens (including phenoxy) is 2. The lowest BCUT2D eigenvalue weighted by Crippen LogP contribution is -2.41. The van der Waals surface area contributed by atoms with Gasteiger partial charge < -0.3 is 14.4 Å². The van der Waals surface area contributed by atoms with E-state index in [1.807, 2.05) is 62.9 Å². The van der Waals surface area contributed by atoms with Crippen LogP contribution in [0, 0.1) is 13.8 Å². The zero-order chi connectivity index (χ0) is 19.4. The van der Waals surface area contributed by atoms with Gasteiger partial charge in [0.05, 0.1) is 6.10 Å². The summed E-state index contributed by atoms with van der Waals surface area (Å²) < 4.78 is 11.6. The SMILES string of the molecule is Cc1cc(OC2CCN(C(=O)c3ccc(OC(C)C)cc3)CC2)nc(C)n1. The van der Waals surface area contributed by atoms with Gasteiger partial charge >= 0.3 is 0 Å². The fourth-order valence-electron chi connectivity index (χ4n) is 3.22. The number of rotatable bonds is 5. The maximum Gasteiger partial charge on any atom is 0.253 e. The summed E-state index contributed by atoms with van der Waals surface area (Å²) in [7, 11) is 0. The Morgan fingerprint density at radius 2 is 1.78 bits per heavy atom. The zero-order valence-corrected chi connectivity index (χ0v) is 16.4. The van der Waals surface area contributed by atoms with Crippen LogP contribution in [0.2, 0.25) is 0 Å². The summed E-state index contributed by atoms with van der Waals surface area (Å²) in [5.74, 6) is 2.16. The number of hydrogen-bond acceptors (Lipinski definition) is 5. The number of nitrogens with zero attached hydrogens (tertiary/aromatic N) is 3. The van der Waals surface area contributed by atoms with Crippen molar-refractivity contribution in [1.29, 1.82) is 0 Å². The van der Waals surface area contributed by atoms with Crippen LogP contribution in [0.5, 0.6) is 11.6 Å². The van der Waals surface area contributed by atoms with Crippen LogP contribution in [0.25, 0.3) is 0 Å². The van der Waals surface area contributed by atoms with E-state index in [4.69, 9.17) is 9.47 Å². The summed E-state index contributed by atoms with van der Waals surface area (Å²) >= 11 is 0. The van der Waals surface area contributed by atoms with Gasteiger partial charge in [0.2, 0.25) is 5.88 Å². The molecule has 0 spiro atoms. The van der Waals surface area contributed by atoms with Gasteiger partial charge in [-0.15, -0.1) is 0 Å². The first-order valence-corrected chi connectivity index (χ1v) is 9.45. The third kappa shape index (κ3) is 5.18. The molecule has 0 bridgehead atoms. The summed E-state index contributed by atoms with van der Waals surface area (Å²) in [6.07, 6.45) is 1.78. The quantitative estimate of drug-likeness (QED) is 0.806. The van der Waals surface area contributed by atoms with E-state index in [0.717, 1.165) is 24.3 Å². The van der Waals surface area contributed by atoms with Gasteiger partial charge in [-0.1, -0.05) is 0 Å². The predicted octanol–water partition coefficient (Wildman–Crippen LogP) is 3.56. The third-order valence-corrected chi connectivity index (χ3v) is 4.43. The van der Waals surface area contributed by atoms with E-state index in [1.165, 1.54) is 0 Å². The number of piperidine rings is 1. The average molecular weight is 369 g/mol. The van der Waals surface area contributed by atoms with Gasteiger partial charge in [0.1, 0.15) is 17.7 Å². The lowest BCUT2D eigenvalue weighted by Gasteiger charge is -2.32. The van der Waals surface area contributed by atoms with Crippen molar-refractivity contribution in [3.8, 4) is 11.6 Å². The molecule has 0 atom stereocenters. The molecule has 3 rings (SSSR count). The summed E-state index contributed by atoms with van der Waals surface area (Å²) in [6, 6.07) is 9.21. The van der Waals surface area contributed by atoms with Crippen LogP contribution in [0.4, 0.5) is 0 Å². The molecule has 2 aromatic rings. The van der Waals surface area contributed by atoms with Crippen molar-refractivity contribution < 1.29 is 14.3 Å². The molecule has 0 saturated carbocycles. The van der Waals surface area contributed by atoms with Crippen molar-refractivity contribution in [1.82, 2.24) is 14.9 Å². The number of amides is 1. The van der Waals surface area contributed by atoms with E-state index in [-0.39, 0.29) is 18.1 Å². The van der Waals surface area contributed by atoms with Crippen LogP contribution >= 0.6 is 0 Å². The molecule has 1 aliphatic heterocycles. The summed E-state index contributed by atoms with van der Waals surface area (Å²) in [5.41, 5.74) is 1.59. The smallest absolute Gasteiger partial charge is 0.253 e. The minimum Gasteiger partial charge on any atom is -0.491 e. The Morgan fingerprint density at radius 3 is 2.37 bits per heavy atom. The van der Waals surface area contributed by atoms with Gasteiger partial charge in [-0.05, 0) is 52.0 Å². The highest BCUT2D eigenvalue weighted by Gasteiger charge is 2.25. The molecule has 1 saturated heterocycles. The normalized spacial score (nSPS) is 15.1. The molecule has 6 heteroatoms. The minimum absolute atomic E-state index is 0.0540. The van der Waals surface area contributed by atoms with E-state index in [1.54, 1.807) is 0 Å². The van der Waals surface area contributed by atoms with Crippen molar-refractivity contribution in [3.05, 3.63) is 47.4 Å². The van der Waals surface area contributed by atoms with Gasteiger partial charge in [-0.3, -0.25) is 4.79 Å². The van der Waals surface area contributed by atoms with Crippen molar-refractivity contribution >= 4 is 5.91 Å². The molecule has 1 aliphatic rings. The Labute approximate surface area is 160 Å². The number of aryl methyl sites for hydroxylation is 2. The number of likely N-dealkylation sites (tertiary alicyclic amines) is 1. The zero-order valence-electron chi connectivity index (χ0n) is 16.4. The maximum absolute atomic E-state index is 12.7. The molecule has 1 aromatic carbocycles. The van der Waals surface area contributed by atoms with Gasteiger partial charge in [0.25, 0.3) is 5.91 Å². The second-order valence-corrected chi connectivity index (χ2v) is 7.20. The van der Waals surface area contributed by atoms with Crippen LogP contribution in [0.3, 0.4) is 0 Å². The summed E-state index contributed by atoms with van der Waals surface area (Å²) in [5, 5.41) is 0. The molecular weight excluding hydrogens is 342 g/mol. The highest BCUT2D eigenvalue weighted by molar-refractivity contribution is 5.94. The second kappa shape index (κ2) is 8.37. The van der Waals surface area contributed by atoms with E-state index < -0.39 is 0 Å². The Balaban J connectivity index is 1.54. The van der Waals surface area contributed by atoms with E-state index in [0.29, 0.717) is 30.4 Å². The predicted molar refractivity (Wildman–Crippen MR) is 103 cm³/mol. The number of benzene rings is 1.